The highest BCUT2D eigenvalue weighted by atomic mass is 16.5. The molecule has 3 rings (SSSR count). The number of nitrogens with one attached hydrogen (secondary N) is 1. The molecule has 0 unspecified atom stereocenters. The average Bonchev–Trinajstić information content (AvgIpc) is 3.08. The Balaban J connectivity index is 1.41. The fraction of sp³-hybridized carbons (Fsp3) is 0.630. The number of nitrogens with zero attached hydrogens (tertiary/aromatic N) is 3. The summed E-state index contributed by atoms with van der Waals surface area (Å²) in [4.78, 5) is 14.9. The van der Waals surface area contributed by atoms with Crippen LogP contribution in [0.5, 0.6) is 5.75 Å². The molecule has 0 atom stereocenters. The van der Waals surface area contributed by atoms with Gasteiger partial charge < -0.3 is 14.8 Å². The van der Waals surface area contributed by atoms with Gasteiger partial charge in [-0.3, -0.25) is 14.4 Å². The molecule has 1 aromatic carbocycles. The number of hydrogen-bond donors (Lipinski definition) is 1. The molecule has 34 heavy (non-hydrogen) atoms. The quantitative estimate of drug-likeness (QED) is 0.510. The minimum atomic E-state index is 0.0554. The number of amides is 1. The minimum Gasteiger partial charge on any atom is -0.492 e. The van der Waals surface area contributed by atoms with Crippen LogP contribution in [-0.4, -0.2) is 60.0 Å². The zero-order valence-electron chi connectivity index (χ0n) is 21.6. The van der Waals surface area contributed by atoms with E-state index in [1.807, 2.05) is 31.2 Å². The number of benzene rings is 1. The van der Waals surface area contributed by atoms with Crippen LogP contribution in [0.25, 0.3) is 0 Å². The van der Waals surface area contributed by atoms with Crippen LogP contribution in [-0.2, 0) is 29.0 Å². The lowest BCUT2D eigenvalue weighted by atomic mass is 10.1. The topological polar surface area (TPSA) is 68.6 Å². The lowest BCUT2D eigenvalue weighted by molar-refractivity contribution is -0.121. The third-order valence-corrected chi connectivity index (χ3v) is 6.59. The van der Waals surface area contributed by atoms with E-state index in [-0.39, 0.29) is 5.91 Å². The number of carbonyl (C=O) groups is 1. The van der Waals surface area contributed by atoms with Crippen molar-refractivity contribution >= 4 is 5.91 Å². The number of carbonyl (C=O) groups excluding carboxylic acids is 1. The summed E-state index contributed by atoms with van der Waals surface area (Å²) in [7, 11) is 2.16. The molecule has 0 radical (unpaired) electrons. The van der Waals surface area contributed by atoms with Crippen LogP contribution in [0.3, 0.4) is 0 Å². The molecule has 0 bridgehead atoms. The fourth-order valence-corrected chi connectivity index (χ4v) is 4.51. The number of likely N-dealkylation sites (N-methyl/N-ethyl adjacent to an activating group) is 1. The van der Waals surface area contributed by atoms with E-state index in [1.54, 1.807) is 0 Å². The molecule has 7 nitrogen and oxygen atoms in total. The zero-order chi connectivity index (χ0) is 24.5. The molecule has 7 heteroatoms. The Bertz CT molecular complexity index is 919. The van der Waals surface area contributed by atoms with E-state index in [4.69, 9.17) is 9.47 Å². The first-order valence-corrected chi connectivity index (χ1v) is 12.6. The summed E-state index contributed by atoms with van der Waals surface area (Å²) < 4.78 is 13.5. The number of aromatic nitrogens is 2. The summed E-state index contributed by atoms with van der Waals surface area (Å²) in [5, 5.41) is 7.71. The van der Waals surface area contributed by atoms with Crippen molar-refractivity contribution in [2.24, 2.45) is 5.92 Å². The third kappa shape index (κ3) is 7.84. The average molecular weight is 471 g/mol. The second-order valence-corrected chi connectivity index (χ2v) is 9.82. The van der Waals surface area contributed by atoms with Crippen molar-refractivity contribution in [1.29, 1.82) is 0 Å². The van der Waals surface area contributed by atoms with E-state index in [0.717, 1.165) is 56.2 Å². The molecule has 1 aromatic heterocycles. The number of rotatable bonds is 12. The van der Waals surface area contributed by atoms with Gasteiger partial charge in [0.15, 0.2) is 0 Å². The Morgan fingerprint density at radius 1 is 1.29 bits per heavy atom. The normalized spacial score (nSPS) is 14.7. The van der Waals surface area contributed by atoms with Gasteiger partial charge in [-0.1, -0.05) is 26.0 Å². The standard InChI is InChI=1S/C27H42N4O3/c1-20(2)19-31-22(4)26(21(3)29-31)9-10-27(32)28-18-23-7-6-8-25(17-23)34-16-13-30(5)24-11-14-33-15-12-24/h6-8,17,20,24H,9-16,18-19H2,1-5H3,(H,28,32). The maximum atomic E-state index is 12.5. The molecule has 2 aromatic rings. The highest BCUT2D eigenvalue weighted by molar-refractivity contribution is 5.76. The maximum Gasteiger partial charge on any atom is 0.220 e. The molecule has 1 aliphatic rings. The van der Waals surface area contributed by atoms with Crippen molar-refractivity contribution in [2.45, 2.75) is 72.5 Å². The molecular formula is C27H42N4O3. The van der Waals surface area contributed by atoms with E-state index in [1.165, 1.54) is 11.3 Å². The Morgan fingerprint density at radius 3 is 2.79 bits per heavy atom. The van der Waals surface area contributed by atoms with Crippen LogP contribution in [0.2, 0.25) is 0 Å². The molecule has 0 spiro atoms. The van der Waals surface area contributed by atoms with Crippen LogP contribution in [0, 0.1) is 19.8 Å². The number of hydrogen-bond acceptors (Lipinski definition) is 5. The molecule has 1 amide bonds. The first kappa shape index (κ1) is 26.2. The monoisotopic (exact) mass is 470 g/mol. The van der Waals surface area contributed by atoms with Gasteiger partial charge in [0.1, 0.15) is 12.4 Å². The van der Waals surface area contributed by atoms with E-state index in [9.17, 15) is 4.79 Å². The van der Waals surface area contributed by atoms with Gasteiger partial charge in [0, 0.05) is 51.0 Å². The summed E-state index contributed by atoms with van der Waals surface area (Å²) in [5.41, 5.74) is 4.43. The molecule has 1 N–H and O–H groups in total. The first-order valence-electron chi connectivity index (χ1n) is 12.6. The summed E-state index contributed by atoms with van der Waals surface area (Å²) >= 11 is 0. The van der Waals surface area contributed by atoms with Crippen LogP contribution >= 0.6 is 0 Å². The maximum absolute atomic E-state index is 12.5. The SMILES string of the molecule is Cc1nn(CC(C)C)c(C)c1CCC(=O)NCc1cccc(OCCN(C)C2CCOCC2)c1. The smallest absolute Gasteiger partial charge is 0.220 e. The van der Waals surface area contributed by atoms with Gasteiger partial charge in [0.2, 0.25) is 5.91 Å². The van der Waals surface area contributed by atoms with Gasteiger partial charge in [-0.2, -0.15) is 5.10 Å². The Hall–Kier alpha value is -2.38. The predicted molar refractivity (Wildman–Crippen MR) is 135 cm³/mol. The molecule has 1 aliphatic heterocycles. The second kappa shape index (κ2) is 12.9. The van der Waals surface area contributed by atoms with Crippen LogP contribution in [0.1, 0.15) is 55.6 Å². The van der Waals surface area contributed by atoms with Crippen molar-refractivity contribution in [2.75, 3.05) is 33.4 Å². The molecule has 2 heterocycles. The van der Waals surface area contributed by atoms with Gasteiger partial charge in [-0.25, -0.2) is 0 Å². The van der Waals surface area contributed by atoms with E-state index < -0.39 is 0 Å². The van der Waals surface area contributed by atoms with Gasteiger partial charge in [0.25, 0.3) is 0 Å². The second-order valence-electron chi connectivity index (χ2n) is 9.82. The minimum absolute atomic E-state index is 0.0554. The third-order valence-electron chi connectivity index (χ3n) is 6.59. The number of ether oxygens (including phenoxy) is 2. The van der Waals surface area contributed by atoms with E-state index in [2.05, 4.69) is 47.8 Å². The summed E-state index contributed by atoms with van der Waals surface area (Å²) in [5.74, 6) is 1.44. The van der Waals surface area contributed by atoms with Gasteiger partial charge in [-0.05, 0) is 69.3 Å². The van der Waals surface area contributed by atoms with E-state index >= 15 is 0 Å². The largest absolute Gasteiger partial charge is 0.492 e. The first-order chi connectivity index (χ1) is 16.3. The molecule has 0 aliphatic carbocycles. The lowest BCUT2D eigenvalue weighted by Crippen LogP contribution is -2.38. The number of aryl methyl sites for hydroxylation is 1. The van der Waals surface area contributed by atoms with Crippen LogP contribution in [0.15, 0.2) is 24.3 Å². The van der Waals surface area contributed by atoms with Crippen molar-refractivity contribution < 1.29 is 14.3 Å². The highest BCUT2D eigenvalue weighted by Gasteiger charge is 2.18. The van der Waals surface area contributed by atoms with Gasteiger partial charge in [0.05, 0.1) is 5.69 Å². The lowest BCUT2D eigenvalue weighted by Gasteiger charge is -2.31. The molecule has 0 saturated carbocycles. The Labute approximate surface area is 204 Å². The zero-order valence-corrected chi connectivity index (χ0v) is 21.6. The van der Waals surface area contributed by atoms with Crippen molar-refractivity contribution in [3.63, 3.8) is 0 Å². The fourth-order valence-electron chi connectivity index (χ4n) is 4.51. The Morgan fingerprint density at radius 2 is 2.06 bits per heavy atom. The van der Waals surface area contributed by atoms with Crippen molar-refractivity contribution in [1.82, 2.24) is 20.0 Å². The molecule has 188 valence electrons. The summed E-state index contributed by atoms with van der Waals surface area (Å²) in [6.45, 7) is 13.2. The molecule has 1 fully saturated rings. The van der Waals surface area contributed by atoms with Crippen molar-refractivity contribution in [3.8, 4) is 5.75 Å². The molecular weight excluding hydrogens is 428 g/mol. The molecule has 1 saturated heterocycles. The van der Waals surface area contributed by atoms with Gasteiger partial charge in [-0.15, -0.1) is 0 Å². The summed E-state index contributed by atoms with van der Waals surface area (Å²) in [6, 6.07) is 8.57. The van der Waals surface area contributed by atoms with Gasteiger partial charge >= 0.3 is 0 Å². The Kier molecular flexibility index (Phi) is 9.96. The van der Waals surface area contributed by atoms with Crippen molar-refractivity contribution in [3.05, 3.63) is 46.8 Å². The summed E-state index contributed by atoms with van der Waals surface area (Å²) in [6.07, 6.45) is 3.35. The highest BCUT2D eigenvalue weighted by Crippen LogP contribution is 2.17. The van der Waals surface area contributed by atoms with Crippen LogP contribution in [0.4, 0.5) is 0 Å². The van der Waals surface area contributed by atoms with E-state index in [0.29, 0.717) is 38.0 Å². The predicted octanol–water partition coefficient (Wildman–Crippen LogP) is 3.89. The van der Waals surface area contributed by atoms with Crippen LogP contribution < -0.4 is 10.1 Å².